The summed E-state index contributed by atoms with van der Waals surface area (Å²) >= 11 is 0. The normalized spacial score (nSPS) is 24.4. The molecule has 0 spiro atoms. The molecule has 1 amide bonds. The van der Waals surface area contributed by atoms with Crippen molar-refractivity contribution in [3.63, 3.8) is 0 Å². The lowest BCUT2D eigenvalue weighted by Crippen LogP contribution is -2.40. The van der Waals surface area contributed by atoms with E-state index in [-0.39, 0.29) is 23.8 Å². The zero-order chi connectivity index (χ0) is 22.4. The summed E-state index contributed by atoms with van der Waals surface area (Å²) < 4.78 is 16.4. The number of piperidine rings is 1. The Kier molecular flexibility index (Phi) is 5.49. The van der Waals surface area contributed by atoms with E-state index < -0.39 is 0 Å². The summed E-state index contributed by atoms with van der Waals surface area (Å²) in [5, 5.41) is 4.78. The van der Waals surface area contributed by atoms with Gasteiger partial charge in [0.25, 0.3) is 5.91 Å². The second kappa shape index (κ2) is 8.31. The number of anilines is 1. The highest BCUT2D eigenvalue weighted by Gasteiger charge is 2.33. The summed E-state index contributed by atoms with van der Waals surface area (Å²) in [5.41, 5.74) is 10.0. The third-order valence-electron chi connectivity index (χ3n) is 6.94. The number of carbonyl (C=O) groups is 1. The maximum absolute atomic E-state index is 14.6. The molecule has 0 radical (unpaired) electrons. The Morgan fingerprint density at radius 2 is 2.03 bits per heavy atom. The Labute approximate surface area is 187 Å². The monoisotopic (exact) mass is 438 g/mol. The standard InChI is InChI=1S/C24H31FN6O/c1-15-6-7-18(19(25)11-15)24(32)30-9-4-3-5-21(30)20-12-22-27-23(16(2)13-31(22)28-20)29-10-8-17(26)14-29/h11-13,17,21H,3-10,14,26H2,1-2H3/t17-,21-/m0/s1. The first-order chi connectivity index (χ1) is 15.4. The van der Waals surface area contributed by atoms with Crippen LogP contribution in [0.15, 0.2) is 35.3 Å². The number of nitrogens with zero attached hydrogens (tertiary/aromatic N) is 5. The van der Waals surface area contributed by atoms with Gasteiger partial charge in [-0.3, -0.25) is 4.79 Å². The van der Waals surface area contributed by atoms with E-state index in [1.807, 2.05) is 31.0 Å². The molecule has 2 saturated heterocycles. The second-order valence-corrected chi connectivity index (χ2v) is 9.44. The van der Waals surface area contributed by atoms with Gasteiger partial charge in [-0.05, 0) is 58.4 Å². The Bertz CT molecular complexity index is 1120. The maximum Gasteiger partial charge on any atom is 0.253 e. The van der Waals surface area contributed by atoms with Gasteiger partial charge in [-0.15, -0.1) is 0 Å². The Hall–Kier alpha value is -2.74. The molecule has 2 aliphatic heterocycles. The molecule has 2 aromatic heterocycles. The number of allylic oxidation sites excluding steroid dienone is 3. The van der Waals surface area contributed by atoms with Gasteiger partial charge in [0.2, 0.25) is 0 Å². The summed E-state index contributed by atoms with van der Waals surface area (Å²) in [6, 6.07) is 2.00. The van der Waals surface area contributed by atoms with Gasteiger partial charge in [-0.1, -0.05) is 5.57 Å². The lowest BCUT2D eigenvalue weighted by atomic mass is 9.94. The van der Waals surface area contributed by atoms with Gasteiger partial charge >= 0.3 is 0 Å². The van der Waals surface area contributed by atoms with Gasteiger partial charge in [-0.25, -0.2) is 13.9 Å². The zero-order valence-corrected chi connectivity index (χ0v) is 18.9. The van der Waals surface area contributed by atoms with Crippen LogP contribution in [0.1, 0.15) is 62.7 Å². The molecule has 3 aliphatic rings. The fourth-order valence-corrected chi connectivity index (χ4v) is 5.16. The molecule has 2 atom stereocenters. The Balaban J connectivity index is 1.46. The molecule has 5 rings (SSSR count). The number of likely N-dealkylation sites (tertiary alicyclic amines) is 1. The molecule has 8 heteroatoms. The first-order valence-corrected chi connectivity index (χ1v) is 11.6. The van der Waals surface area contributed by atoms with Crippen molar-refractivity contribution in [3.05, 3.63) is 46.6 Å². The van der Waals surface area contributed by atoms with Crippen molar-refractivity contribution in [1.82, 2.24) is 19.5 Å². The summed E-state index contributed by atoms with van der Waals surface area (Å²) in [6.07, 6.45) is 8.43. The van der Waals surface area contributed by atoms with Crippen molar-refractivity contribution < 1.29 is 9.18 Å². The minimum absolute atomic E-state index is 0.158. The van der Waals surface area contributed by atoms with Crippen LogP contribution in [0.5, 0.6) is 0 Å². The van der Waals surface area contributed by atoms with E-state index in [9.17, 15) is 9.18 Å². The highest BCUT2D eigenvalue weighted by Crippen LogP contribution is 2.35. The number of aromatic nitrogens is 3. The van der Waals surface area contributed by atoms with Crippen LogP contribution in [-0.2, 0) is 4.79 Å². The summed E-state index contributed by atoms with van der Waals surface area (Å²) in [6.45, 7) is 6.29. The average molecular weight is 439 g/mol. The van der Waals surface area contributed by atoms with Crippen molar-refractivity contribution in [2.45, 2.75) is 64.5 Å². The SMILES string of the molecule is CC1=CC(F)=C(C(=O)N2CCCC[C@H]2c2cc3nc(N4CC[C@H](N)C4)c(C)cn3n2)CC1. The fourth-order valence-electron chi connectivity index (χ4n) is 5.16. The van der Waals surface area contributed by atoms with Crippen LogP contribution < -0.4 is 10.6 Å². The molecule has 0 unspecified atom stereocenters. The number of fused-ring (bicyclic) bond motifs is 1. The van der Waals surface area contributed by atoms with E-state index in [0.29, 0.717) is 18.5 Å². The Morgan fingerprint density at radius 1 is 1.19 bits per heavy atom. The number of nitrogens with two attached hydrogens (primary N) is 1. The summed E-state index contributed by atoms with van der Waals surface area (Å²) in [7, 11) is 0. The van der Waals surface area contributed by atoms with Gasteiger partial charge in [0.1, 0.15) is 11.6 Å². The second-order valence-electron chi connectivity index (χ2n) is 9.44. The van der Waals surface area contributed by atoms with Crippen LogP contribution in [0.2, 0.25) is 0 Å². The largest absolute Gasteiger partial charge is 0.355 e. The maximum atomic E-state index is 14.6. The van der Waals surface area contributed by atoms with Gasteiger partial charge in [0.05, 0.1) is 17.3 Å². The van der Waals surface area contributed by atoms with Gasteiger partial charge in [0, 0.05) is 43.5 Å². The zero-order valence-electron chi connectivity index (χ0n) is 18.9. The average Bonchev–Trinajstić information content (AvgIpc) is 3.38. The van der Waals surface area contributed by atoms with Crippen LogP contribution in [0.3, 0.4) is 0 Å². The minimum atomic E-state index is -0.385. The molecule has 1 aliphatic carbocycles. The minimum Gasteiger partial charge on any atom is -0.355 e. The Morgan fingerprint density at radius 3 is 2.78 bits per heavy atom. The molecular weight excluding hydrogens is 407 g/mol. The molecular formula is C24H31FN6O. The molecule has 170 valence electrons. The first kappa shape index (κ1) is 21.1. The van der Waals surface area contributed by atoms with E-state index in [1.54, 1.807) is 4.52 Å². The lowest BCUT2D eigenvalue weighted by molar-refractivity contribution is -0.131. The molecule has 2 N–H and O–H groups in total. The van der Waals surface area contributed by atoms with Crippen molar-refractivity contribution >= 4 is 17.4 Å². The molecule has 0 aromatic carbocycles. The molecule has 7 nitrogen and oxygen atoms in total. The number of carbonyl (C=O) groups excluding carboxylic acids is 1. The number of halogens is 1. The van der Waals surface area contributed by atoms with Crippen LogP contribution in [0.25, 0.3) is 5.65 Å². The molecule has 4 heterocycles. The van der Waals surface area contributed by atoms with Crippen LogP contribution in [0, 0.1) is 6.92 Å². The predicted octanol–water partition coefficient (Wildman–Crippen LogP) is 3.59. The molecule has 2 aromatic rings. The lowest BCUT2D eigenvalue weighted by Gasteiger charge is -2.35. The third-order valence-corrected chi connectivity index (χ3v) is 6.94. The fraction of sp³-hybridized carbons (Fsp3) is 0.542. The van der Waals surface area contributed by atoms with E-state index >= 15 is 0 Å². The number of hydrogen-bond acceptors (Lipinski definition) is 5. The number of amides is 1. The number of rotatable bonds is 3. The van der Waals surface area contributed by atoms with Crippen LogP contribution in [-0.4, -0.2) is 51.1 Å². The molecule has 32 heavy (non-hydrogen) atoms. The number of hydrogen-bond donors (Lipinski definition) is 1. The quantitative estimate of drug-likeness (QED) is 0.792. The highest BCUT2D eigenvalue weighted by atomic mass is 19.1. The highest BCUT2D eigenvalue weighted by molar-refractivity contribution is 5.95. The van der Waals surface area contributed by atoms with Crippen molar-refractivity contribution in [2.75, 3.05) is 24.5 Å². The van der Waals surface area contributed by atoms with Crippen molar-refractivity contribution in [1.29, 1.82) is 0 Å². The van der Waals surface area contributed by atoms with Crippen molar-refractivity contribution in [2.24, 2.45) is 5.73 Å². The smallest absolute Gasteiger partial charge is 0.253 e. The van der Waals surface area contributed by atoms with E-state index in [0.717, 1.165) is 73.5 Å². The molecule has 2 fully saturated rings. The molecule has 0 bridgehead atoms. The van der Waals surface area contributed by atoms with Gasteiger partial charge < -0.3 is 15.5 Å². The van der Waals surface area contributed by atoms with Crippen LogP contribution in [0.4, 0.5) is 10.2 Å². The number of aryl methyl sites for hydroxylation is 1. The van der Waals surface area contributed by atoms with Crippen molar-refractivity contribution in [3.8, 4) is 0 Å². The predicted molar refractivity (Wildman–Crippen MR) is 122 cm³/mol. The summed E-state index contributed by atoms with van der Waals surface area (Å²) in [4.78, 5) is 22.2. The van der Waals surface area contributed by atoms with Gasteiger partial charge in [-0.2, -0.15) is 5.10 Å². The van der Waals surface area contributed by atoms with E-state index in [1.165, 1.54) is 6.08 Å². The topological polar surface area (TPSA) is 79.8 Å². The van der Waals surface area contributed by atoms with E-state index in [2.05, 4.69) is 4.90 Å². The first-order valence-electron chi connectivity index (χ1n) is 11.6. The molecule has 0 saturated carbocycles. The third kappa shape index (κ3) is 3.81. The summed E-state index contributed by atoms with van der Waals surface area (Å²) in [5.74, 6) is 0.373. The van der Waals surface area contributed by atoms with E-state index in [4.69, 9.17) is 15.8 Å². The van der Waals surface area contributed by atoms with Gasteiger partial charge in [0.15, 0.2) is 5.65 Å². The van der Waals surface area contributed by atoms with Crippen LogP contribution >= 0.6 is 0 Å².